The number of nitrogens with zero attached hydrogens (tertiary/aromatic N) is 1. The fraction of sp³-hybridized carbons (Fsp3) is 0.444. The number of Topliss-reactive ketones (excluding diaryl/α,β-unsaturated/α-hetero) is 1. The average molecular weight is 183 g/mol. The highest BCUT2D eigenvalue weighted by Crippen LogP contribution is 2.09. The van der Waals surface area contributed by atoms with Crippen LogP contribution in [0.15, 0.2) is 17.5 Å². The summed E-state index contributed by atoms with van der Waals surface area (Å²) in [6.07, 6.45) is 0. The highest BCUT2D eigenvalue weighted by atomic mass is 32.1. The number of carbonyl (C=O) groups is 1. The summed E-state index contributed by atoms with van der Waals surface area (Å²) in [4.78, 5) is 14.3. The molecule has 0 unspecified atom stereocenters. The maximum Gasteiger partial charge on any atom is 0.186 e. The molecule has 0 saturated carbocycles. The lowest BCUT2D eigenvalue weighted by Gasteiger charge is -2.10. The molecule has 0 aliphatic rings. The van der Waals surface area contributed by atoms with Crippen molar-refractivity contribution in [2.45, 2.75) is 6.92 Å². The Morgan fingerprint density at radius 2 is 2.42 bits per heavy atom. The molecule has 1 aromatic heterocycles. The minimum atomic E-state index is 0.217. The molecular formula is C9H13NOS. The average Bonchev–Trinajstić information content (AvgIpc) is 2.56. The van der Waals surface area contributed by atoms with Crippen LogP contribution in [-0.2, 0) is 0 Å². The van der Waals surface area contributed by atoms with E-state index in [9.17, 15) is 4.79 Å². The zero-order valence-electron chi connectivity index (χ0n) is 7.41. The molecule has 66 valence electrons. The molecule has 3 heteroatoms. The molecule has 1 rings (SSSR count). The summed E-state index contributed by atoms with van der Waals surface area (Å²) < 4.78 is 0. The molecule has 0 atom stereocenters. The van der Waals surface area contributed by atoms with Crippen molar-refractivity contribution < 1.29 is 4.79 Å². The van der Waals surface area contributed by atoms with E-state index in [-0.39, 0.29) is 5.78 Å². The molecule has 0 spiro atoms. The van der Waals surface area contributed by atoms with Gasteiger partial charge in [-0.3, -0.25) is 9.69 Å². The number of ketones is 1. The third-order valence-corrected chi connectivity index (χ3v) is 2.66. The Morgan fingerprint density at radius 3 is 2.92 bits per heavy atom. The van der Waals surface area contributed by atoms with Crippen LogP contribution in [0.2, 0.25) is 0 Å². The second-order valence-corrected chi connectivity index (χ2v) is 3.68. The normalized spacial score (nSPS) is 10.6. The lowest BCUT2D eigenvalue weighted by Crippen LogP contribution is -2.25. The van der Waals surface area contributed by atoms with E-state index in [1.807, 2.05) is 36.4 Å². The van der Waals surface area contributed by atoms with Crippen LogP contribution in [0.4, 0.5) is 0 Å². The van der Waals surface area contributed by atoms with Crippen molar-refractivity contribution in [1.29, 1.82) is 0 Å². The first-order valence-corrected chi connectivity index (χ1v) is 4.87. The van der Waals surface area contributed by atoms with Gasteiger partial charge in [-0.25, -0.2) is 0 Å². The molecule has 0 saturated heterocycles. The quantitative estimate of drug-likeness (QED) is 0.664. The van der Waals surface area contributed by atoms with Gasteiger partial charge in [0.2, 0.25) is 0 Å². The van der Waals surface area contributed by atoms with E-state index < -0.39 is 0 Å². The predicted molar refractivity (Wildman–Crippen MR) is 51.8 cm³/mol. The highest BCUT2D eigenvalue weighted by molar-refractivity contribution is 7.12. The van der Waals surface area contributed by atoms with Crippen molar-refractivity contribution in [3.63, 3.8) is 0 Å². The summed E-state index contributed by atoms with van der Waals surface area (Å²) in [6.45, 7) is 3.48. The summed E-state index contributed by atoms with van der Waals surface area (Å²) in [7, 11) is 1.95. The van der Waals surface area contributed by atoms with E-state index in [2.05, 4.69) is 0 Å². The SMILES string of the molecule is CCN(C)CC(=O)c1cccs1. The van der Waals surface area contributed by atoms with E-state index >= 15 is 0 Å². The molecule has 0 radical (unpaired) electrons. The zero-order chi connectivity index (χ0) is 8.97. The van der Waals surface area contributed by atoms with Crippen LogP contribution >= 0.6 is 11.3 Å². The van der Waals surface area contributed by atoms with Gasteiger partial charge < -0.3 is 0 Å². The van der Waals surface area contributed by atoms with Crippen LogP contribution in [0, 0.1) is 0 Å². The van der Waals surface area contributed by atoms with Gasteiger partial charge in [0.15, 0.2) is 5.78 Å². The minimum Gasteiger partial charge on any atom is -0.299 e. The third kappa shape index (κ3) is 2.43. The molecular weight excluding hydrogens is 170 g/mol. The lowest BCUT2D eigenvalue weighted by molar-refractivity contribution is 0.0953. The van der Waals surface area contributed by atoms with Crippen LogP contribution in [-0.4, -0.2) is 30.8 Å². The fourth-order valence-corrected chi connectivity index (χ4v) is 1.53. The van der Waals surface area contributed by atoms with Crippen LogP contribution in [0.5, 0.6) is 0 Å². The van der Waals surface area contributed by atoms with E-state index in [0.717, 1.165) is 11.4 Å². The van der Waals surface area contributed by atoms with Crippen molar-refractivity contribution in [2.24, 2.45) is 0 Å². The largest absolute Gasteiger partial charge is 0.299 e. The summed E-state index contributed by atoms with van der Waals surface area (Å²) >= 11 is 1.51. The predicted octanol–water partition coefficient (Wildman–Crippen LogP) is 1.88. The Balaban J connectivity index is 2.50. The number of rotatable bonds is 4. The molecule has 0 bridgehead atoms. The summed E-state index contributed by atoms with van der Waals surface area (Å²) in [6, 6.07) is 3.78. The fourth-order valence-electron chi connectivity index (χ4n) is 0.872. The van der Waals surface area contributed by atoms with Crippen LogP contribution in [0.3, 0.4) is 0 Å². The second kappa shape index (κ2) is 4.38. The van der Waals surface area contributed by atoms with E-state index in [0.29, 0.717) is 6.54 Å². The van der Waals surface area contributed by atoms with Crippen molar-refractivity contribution in [3.05, 3.63) is 22.4 Å². The van der Waals surface area contributed by atoms with Gasteiger partial charge in [0, 0.05) is 0 Å². The monoisotopic (exact) mass is 183 g/mol. The molecule has 1 aromatic rings. The minimum absolute atomic E-state index is 0.217. The summed E-state index contributed by atoms with van der Waals surface area (Å²) in [5.41, 5.74) is 0. The van der Waals surface area contributed by atoms with Crippen LogP contribution in [0.25, 0.3) is 0 Å². The van der Waals surface area contributed by atoms with Crippen molar-refractivity contribution in [1.82, 2.24) is 4.90 Å². The Morgan fingerprint density at radius 1 is 1.67 bits per heavy atom. The molecule has 0 aliphatic carbocycles. The van der Waals surface area contributed by atoms with Gasteiger partial charge in [-0.1, -0.05) is 13.0 Å². The van der Waals surface area contributed by atoms with Gasteiger partial charge in [0.05, 0.1) is 11.4 Å². The highest BCUT2D eigenvalue weighted by Gasteiger charge is 2.07. The van der Waals surface area contributed by atoms with Crippen molar-refractivity contribution >= 4 is 17.1 Å². The topological polar surface area (TPSA) is 20.3 Å². The molecule has 1 heterocycles. The van der Waals surface area contributed by atoms with Crippen LogP contribution < -0.4 is 0 Å². The second-order valence-electron chi connectivity index (χ2n) is 2.73. The Labute approximate surface area is 76.8 Å². The van der Waals surface area contributed by atoms with Gasteiger partial charge in [0.1, 0.15) is 0 Å². The summed E-state index contributed by atoms with van der Waals surface area (Å²) in [5, 5.41) is 1.93. The van der Waals surface area contributed by atoms with E-state index in [4.69, 9.17) is 0 Å². The zero-order valence-corrected chi connectivity index (χ0v) is 8.23. The maximum atomic E-state index is 11.4. The van der Waals surface area contributed by atoms with Crippen molar-refractivity contribution in [3.8, 4) is 0 Å². The number of thiophene rings is 1. The van der Waals surface area contributed by atoms with Crippen LogP contribution in [0.1, 0.15) is 16.6 Å². The number of hydrogen-bond donors (Lipinski definition) is 0. The van der Waals surface area contributed by atoms with E-state index in [1.165, 1.54) is 11.3 Å². The third-order valence-electron chi connectivity index (χ3n) is 1.75. The standard InChI is InChI=1S/C9H13NOS/c1-3-10(2)7-8(11)9-5-4-6-12-9/h4-6H,3,7H2,1-2H3. The van der Waals surface area contributed by atoms with E-state index in [1.54, 1.807) is 0 Å². The van der Waals surface area contributed by atoms with Gasteiger partial charge in [-0.05, 0) is 25.0 Å². The Bertz CT molecular complexity index is 243. The number of hydrogen-bond acceptors (Lipinski definition) is 3. The molecule has 0 amide bonds. The van der Waals surface area contributed by atoms with Gasteiger partial charge in [-0.2, -0.15) is 0 Å². The molecule has 0 fully saturated rings. The molecule has 12 heavy (non-hydrogen) atoms. The first kappa shape index (κ1) is 9.42. The Kier molecular flexibility index (Phi) is 3.44. The van der Waals surface area contributed by atoms with Crippen molar-refractivity contribution in [2.75, 3.05) is 20.1 Å². The maximum absolute atomic E-state index is 11.4. The lowest BCUT2D eigenvalue weighted by atomic mass is 10.3. The summed E-state index contributed by atoms with van der Waals surface area (Å²) in [5.74, 6) is 0.217. The number of likely N-dealkylation sites (N-methyl/N-ethyl adjacent to an activating group) is 1. The first-order valence-electron chi connectivity index (χ1n) is 3.99. The smallest absolute Gasteiger partial charge is 0.186 e. The molecule has 0 aromatic carbocycles. The first-order chi connectivity index (χ1) is 5.74. The van der Waals surface area contributed by atoms with Gasteiger partial charge in [-0.15, -0.1) is 11.3 Å². The van der Waals surface area contributed by atoms with Gasteiger partial charge >= 0.3 is 0 Å². The molecule has 0 N–H and O–H groups in total. The number of carbonyl (C=O) groups excluding carboxylic acids is 1. The van der Waals surface area contributed by atoms with Gasteiger partial charge in [0.25, 0.3) is 0 Å². The molecule has 0 aliphatic heterocycles. The Hall–Kier alpha value is -0.670. The molecule has 2 nitrogen and oxygen atoms in total.